The third kappa shape index (κ3) is 2.60. The minimum absolute atomic E-state index is 0.0216. The lowest BCUT2D eigenvalue weighted by Gasteiger charge is -2.14. The van der Waals surface area contributed by atoms with E-state index in [2.05, 4.69) is 5.32 Å². The molecule has 0 heterocycles. The Balaban J connectivity index is 2.12. The van der Waals surface area contributed by atoms with Gasteiger partial charge in [0, 0.05) is 17.2 Å². The number of nitrogens with one attached hydrogen (secondary N) is 1. The molecule has 92 valence electrons. The van der Waals surface area contributed by atoms with E-state index in [4.69, 9.17) is 4.74 Å². The lowest BCUT2D eigenvalue weighted by Crippen LogP contribution is -2.33. The quantitative estimate of drug-likeness (QED) is 0.871. The maximum atomic E-state index is 12.1. The van der Waals surface area contributed by atoms with Crippen LogP contribution in [0.2, 0.25) is 0 Å². The predicted molar refractivity (Wildman–Crippen MR) is 67.5 cm³/mol. The van der Waals surface area contributed by atoms with Crippen LogP contribution in [0.3, 0.4) is 0 Å². The summed E-state index contributed by atoms with van der Waals surface area (Å²) in [4.78, 5) is 12.1. The van der Waals surface area contributed by atoms with Crippen LogP contribution in [0.1, 0.15) is 41.6 Å². The first-order valence-electron chi connectivity index (χ1n) is 6.17. The maximum Gasteiger partial charge on any atom is 0.251 e. The first-order chi connectivity index (χ1) is 8.22. The summed E-state index contributed by atoms with van der Waals surface area (Å²) in [6.45, 7) is 1.92. The lowest BCUT2D eigenvalue weighted by atomic mass is 10.1. The van der Waals surface area contributed by atoms with Crippen molar-refractivity contribution in [2.45, 2.75) is 38.6 Å². The van der Waals surface area contributed by atoms with E-state index < -0.39 is 0 Å². The summed E-state index contributed by atoms with van der Waals surface area (Å²) in [5, 5.41) is 3.09. The molecule has 2 rings (SSSR count). The fourth-order valence-corrected chi connectivity index (χ4v) is 2.41. The average Bonchev–Trinajstić information content (AvgIpc) is 2.82. The van der Waals surface area contributed by atoms with Crippen molar-refractivity contribution in [3.8, 4) is 5.75 Å². The summed E-state index contributed by atoms with van der Waals surface area (Å²) in [6, 6.07) is 5.94. The van der Waals surface area contributed by atoms with Crippen molar-refractivity contribution in [2.75, 3.05) is 7.11 Å². The second-order valence-electron chi connectivity index (χ2n) is 4.59. The fourth-order valence-electron chi connectivity index (χ4n) is 2.41. The van der Waals surface area contributed by atoms with Crippen LogP contribution < -0.4 is 10.1 Å². The highest BCUT2D eigenvalue weighted by Crippen LogP contribution is 2.22. The Morgan fingerprint density at radius 3 is 2.71 bits per heavy atom. The molecule has 3 heteroatoms. The highest BCUT2D eigenvalue weighted by Gasteiger charge is 2.19. The molecule has 0 aliphatic heterocycles. The third-order valence-electron chi connectivity index (χ3n) is 3.44. The Labute approximate surface area is 102 Å². The fraction of sp³-hybridized carbons (Fsp3) is 0.500. The van der Waals surface area contributed by atoms with Crippen LogP contribution in [0.5, 0.6) is 5.75 Å². The van der Waals surface area contributed by atoms with Gasteiger partial charge in [-0.25, -0.2) is 0 Å². The van der Waals surface area contributed by atoms with Gasteiger partial charge >= 0.3 is 0 Å². The standard InChI is InChI=1S/C14H19NO2/c1-10-12(8-5-9-13(10)17-2)14(16)15-11-6-3-4-7-11/h5,8-9,11H,3-4,6-7H2,1-2H3,(H,15,16). The average molecular weight is 233 g/mol. The van der Waals surface area contributed by atoms with E-state index in [9.17, 15) is 4.79 Å². The molecular formula is C14H19NO2. The molecule has 0 atom stereocenters. The zero-order valence-corrected chi connectivity index (χ0v) is 10.5. The number of ether oxygens (including phenoxy) is 1. The maximum absolute atomic E-state index is 12.1. The van der Waals surface area contributed by atoms with Gasteiger partial charge in [-0.1, -0.05) is 18.9 Å². The van der Waals surface area contributed by atoms with Crippen LogP contribution in [-0.4, -0.2) is 19.1 Å². The molecule has 1 N–H and O–H groups in total. The summed E-state index contributed by atoms with van der Waals surface area (Å²) in [5.41, 5.74) is 1.63. The predicted octanol–water partition coefficient (Wildman–Crippen LogP) is 2.68. The second-order valence-corrected chi connectivity index (χ2v) is 4.59. The van der Waals surface area contributed by atoms with Gasteiger partial charge in [-0.2, -0.15) is 0 Å². The molecule has 1 aromatic rings. The Morgan fingerprint density at radius 2 is 2.06 bits per heavy atom. The first kappa shape index (κ1) is 12.0. The zero-order chi connectivity index (χ0) is 12.3. The lowest BCUT2D eigenvalue weighted by molar-refractivity contribution is 0.0937. The van der Waals surface area contributed by atoms with Crippen LogP contribution in [-0.2, 0) is 0 Å². The van der Waals surface area contributed by atoms with Crippen molar-refractivity contribution in [3.05, 3.63) is 29.3 Å². The summed E-state index contributed by atoms with van der Waals surface area (Å²) < 4.78 is 5.23. The number of methoxy groups -OCH3 is 1. The molecule has 1 amide bonds. The SMILES string of the molecule is COc1cccc(C(=O)NC2CCCC2)c1C. The molecule has 1 saturated carbocycles. The summed E-state index contributed by atoms with van der Waals surface area (Å²) in [5.74, 6) is 0.789. The Hall–Kier alpha value is -1.51. The van der Waals surface area contributed by atoms with Gasteiger partial charge in [0.05, 0.1) is 7.11 Å². The number of amides is 1. The van der Waals surface area contributed by atoms with Gasteiger partial charge in [-0.15, -0.1) is 0 Å². The minimum atomic E-state index is 0.0216. The smallest absolute Gasteiger partial charge is 0.251 e. The molecule has 1 aliphatic carbocycles. The Bertz CT molecular complexity index is 409. The van der Waals surface area contributed by atoms with Gasteiger partial charge in [-0.3, -0.25) is 4.79 Å². The minimum Gasteiger partial charge on any atom is -0.496 e. The number of rotatable bonds is 3. The van der Waals surface area contributed by atoms with Crippen molar-refractivity contribution < 1.29 is 9.53 Å². The summed E-state index contributed by atoms with van der Waals surface area (Å²) in [7, 11) is 1.63. The summed E-state index contributed by atoms with van der Waals surface area (Å²) in [6.07, 6.45) is 4.66. The van der Waals surface area contributed by atoms with E-state index >= 15 is 0 Å². The molecule has 0 bridgehead atoms. The summed E-state index contributed by atoms with van der Waals surface area (Å²) >= 11 is 0. The number of carbonyl (C=O) groups excluding carboxylic acids is 1. The van der Waals surface area contributed by atoms with Gasteiger partial charge in [-0.05, 0) is 31.9 Å². The molecule has 1 fully saturated rings. The number of hydrogen-bond acceptors (Lipinski definition) is 2. The van der Waals surface area contributed by atoms with Crippen LogP contribution >= 0.6 is 0 Å². The number of carbonyl (C=O) groups is 1. The number of hydrogen-bond donors (Lipinski definition) is 1. The molecular weight excluding hydrogens is 214 g/mol. The van der Waals surface area contributed by atoms with Crippen LogP contribution in [0, 0.1) is 6.92 Å². The normalized spacial score (nSPS) is 15.9. The van der Waals surface area contributed by atoms with Crippen molar-refractivity contribution in [3.63, 3.8) is 0 Å². The van der Waals surface area contributed by atoms with Gasteiger partial charge in [0.15, 0.2) is 0 Å². The van der Waals surface area contributed by atoms with Gasteiger partial charge < -0.3 is 10.1 Å². The van der Waals surface area contributed by atoms with Crippen molar-refractivity contribution in [1.82, 2.24) is 5.32 Å². The Kier molecular flexibility index (Phi) is 3.67. The largest absolute Gasteiger partial charge is 0.496 e. The molecule has 0 unspecified atom stereocenters. The molecule has 17 heavy (non-hydrogen) atoms. The van der Waals surface area contributed by atoms with Gasteiger partial charge in [0.2, 0.25) is 0 Å². The molecule has 1 aromatic carbocycles. The van der Waals surface area contributed by atoms with Gasteiger partial charge in [0.25, 0.3) is 5.91 Å². The molecule has 3 nitrogen and oxygen atoms in total. The Morgan fingerprint density at radius 1 is 1.35 bits per heavy atom. The third-order valence-corrected chi connectivity index (χ3v) is 3.44. The van der Waals surface area contributed by atoms with Crippen molar-refractivity contribution >= 4 is 5.91 Å². The molecule has 0 spiro atoms. The van der Waals surface area contributed by atoms with Crippen LogP contribution in [0.4, 0.5) is 0 Å². The van der Waals surface area contributed by atoms with E-state index in [0.29, 0.717) is 6.04 Å². The second kappa shape index (κ2) is 5.21. The molecule has 0 radical (unpaired) electrons. The van der Waals surface area contributed by atoms with Crippen molar-refractivity contribution in [1.29, 1.82) is 0 Å². The highest BCUT2D eigenvalue weighted by atomic mass is 16.5. The van der Waals surface area contributed by atoms with E-state index in [1.54, 1.807) is 7.11 Å². The highest BCUT2D eigenvalue weighted by molar-refractivity contribution is 5.96. The van der Waals surface area contributed by atoms with Crippen LogP contribution in [0.15, 0.2) is 18.2 Å². The topological polar surface area (TPSA) is 38.3 Å². The zero-order valence-electron chi connectivity index (χ0n) is 10.5. The van der Waals surface area contributed by atoms with E-state index in [-0.39, 0.29) is 5.91 Å². The monoisotopic (exact) mass is 233 g/mol. The van der Waals surface area contributed by atoms with Gasteiger partial charge in [0.1, 0.15) is 5.75 Å². The van der Waals surface area contributed by atoms with Crippen LogP contribution in [0.25, 0.3) is 0 Å². The van der Waals surface area contributed by atoms with E-state index in [1.165, 1.54) is 12.8 Å². The number of benzene rings is 1. The van der Waals surface area contributed by atoms with E-state index in [0.717, 1.165) is 29.7 Å². The van der Waals surface area contributed by atoms with Crippen molar-refractivity contribution in [2.24, 2.45) is 0 Å². The molecule has 1 aliphatic rings. The molecule has 0 aromatic heterocycles. The molecule has 0 saturated heterocycles. The first-order valence-corrected chi connectivity index (χ1v) is 6.17. The van der Waals surface area contributed by atoms with E-state index in [1.807, 2.05) is 25.1 Å².